The van der Waals surface area contributed by atoms with Crippen LogP contribution in [0.25, 0.3) is 0 Å². The van der Waals surface area contributed by atoms with Crippen molar-refractivity contribution in [2.24, 2.45) is 5.73 Å². The normalized spacial score (nSPS) is 21.3. The third-order valence-electron chi connectivity index (χ3n) is 3.73. The van der Waals surface area contributed by atoms with E-state index in [2.05, 4.69) is 41.0 Å². The summed E-state index contributed by atoms with van der Waals surface area (Å²) in [5.41, 5.74) is 6.76. The van der Waals surface area contributed by atoms with Gasteiger partial charge in [0, 0.05) is 44.5 Å². The van der Waals surface area contributed by atoms with Gasteiger partial charge in [-0.25, -0.2) is 0 Å². The van der Waals surface area contributed by atoms with Crippen LogP contribution in [0.1, 0.15) is 19.5 Å². The summed E-state index contributed by atoms with van der Waals surface area (Å²) in [5, 5.41) is 8.27. The highest BCUT2D eigenvalue weighted by Gasteiger charge is 2.31. The van der Waals surface area contributed by atoms with E-state index in [0.29, 0.717) is 6.54 Å². The van der Waals surface area contributed by atoms with Gasteiger partial charge in [-0.15, -0.1) is 5.10 Å². The molecule has 2 rings (SSSR count). The summed E-state index contributed by atoms with van der Waals surface area (Å²) in [4.78, 5) is 4.85. The van der Waals surface area contributed by atoms with Crippen LogP contribution < -0.4 is 5.73 Å². The molecule has 6 nitrogen and oxygen atoms in total. The number of rotatable bonds is 4. The van der Waals surface area contributed by atoms with Crippen molar-refractivity contribution in [3.63, 3.8) is 0 Å². The van der Waals surface area contributed by atoms with E-state index in [0.717, 1.165) is 38.4 Å². The van der Waals surface area contributed by atoms with E-state index in [1.807, 2.05) is 10.9 Å². The number of likely N-dealkylation sites (N-methyl/N-ethyl adjacent to an activating group) is 1. The average Bonchev–Trinajstić information content (AvgIpc) is 2.71. The van der Waals surface area contributed by atoms with E-state index in [1.165, 1.54) is 0 Å². The molecule has 1 aliphatic rings. The zero-order valence-electron chi connectivity index (χ0n) is 11.6. The van der Waals surface area contributed by atoms with Crippen LogP contribution in [0.15, 0.2) is 6.20 Å². The lowest BCUT2D eigenvalue weighted by Gasteiger charge is -2.45. The van der Waals surface area contributed by atoms with E-state index >= 15 is 0 Å². The Bertz CT molecular complexity index is 386. The molecule has 0 aliphatic carbocycles. The SMILES string of the molecule is CN1CCN(Cc2cn(CCN)nn2)CC1(C)C. The number of nitrogens with two attached hydrogens (primary N) is 1. The first-order valence-electron chi connectivity index (χ1n) is 6.54. The largest absolute Gasteiger partial charge is 0.329 e. The Kier molecular flexibility index (Phi) is 3.99. The highest BCUT2D eigenvalue weighted by Crippen LogP contribution is 2.19. The second-order valence-corrected chi connectivity index (χ2v) is 5.71. The second kappa shape index (κ2) is 5.34. The summed E-state index contributed by atoms with van der Waals surface area (Å²) < 4.78 is 1.82. The van der Waals surface area contributed by atoms with E-state index in [4.69, 9.17) is 5.73 Å². The van der Waals surface area contributed by atoms with Gasteiger partial charge in [-0.2, -0.15) is 0 Å². The minimum absolute atomic E-state index is 0.228. The lowest BCUT2D eigenvalue weighted by molar-refractivity contribution is 0.0354. The molecule has 1 aliphatic heterocycles. The maximum absolute atomic E-state index is 5.50. The highest BCUT2D eigenvalue weighted by molar-refractivity contribution is 4.96. The Morgan fingerprint density at radius 2 is 2.17 bits per heavy atom. The highest BCUT2D eigenvalue weighted by atomic mass is 15.4. The molecule has 6 heteroatoms. The van der Waals surface area contributed by atoms with Crippen LogP contribution in [0.4, 0.5) is 0 Å². The lowest BCUT2D eigenvalue weighted by atomic mass is 10.00. The third-order valence-corrected chi connectivity index (χ3v) is 3.73. The van der Waals surface area contributed by atoms with Crippen molar-refractivity contribution < 1.29 is 0 Å². The van der Waals surface area contributed by atoms with E-state index in [1.54, 1.807) is 0 Å². The fourth-order valence-corrected chi connectivity index (χ4v) is 2.36. The first-order valence-corrected chi connectivity index (χ1v) is 6.54. The molecule has 1 fully saturated rings. The first-order chi connectivity index (χ1) is 8.51. The minimum atomic E-state index is 0.228. The van der Waals surface area contributed by atoms with Crippen molar-refractivity contribution in [2.75, 3.05) is 33.2 Å². The number of hydrogen-bond acceptors (Lipinski definition) is 5. The number of nitrogens with zero attached hydrogens (tertiary/aromatic N) is 5. The van der Waals surface area contributed by atoms with Gasteiger partial charge in [-0.1, -0.05) is 5.21 Å². The summed E-state index contributed by atoms with van der Waals surface area (Å²) in [7, 11) is 2.19. The van der Waals surface area contributed by atoms with Gasteiger partial charge in [0.1, 0.15) is 0 Å². The summed E-state index contributed by atoms with van der Waals surface area (Å²) in [6, 6.07) is 0. The minimum Gasteiger partial charge on any atom is -0.329 e. The fourth-order valence-electron chi connectivity index (χ4n) is 2.36. The van der Waals surface area contributed by atoms with Gasteiger partial charge in [0.2, 0.25) is 0 Å². The Morgan fingerprint density at radius 3 is 2.83 bits per heavy atom. The molecule has 1 aromatic heterocycles. The molecule has 0 spiro atoms. The Hall–Kier alpha value is -0.980. The zero-order chi connectivity index (χ0) is 13.2. The van der Waals surface area contributed by atoms with Gasteiger partial charge in [0.05, 0.1) is 12.2 Å². The molecule has 2 N–H and O–H groups in total. The average molecular weight is 252 g/mol. The van der Waals surface area contributed by atoms with Crippen LogP contribution in [0.2, 0.25) is 0 Å². The molecule has 0 aromatic carbocycles. The lowest BCUT2D eigenvalue weighted by Crippen LogP contribution is -2.57. The third kappa shape index (κ3) is 3.07. The maximum atomic E-state index is 5.50. The molecule has 0 amide bonds. The van der Waals surface area contributed by atoms with Crippen molar-refractivity contribution >= 4 is 0 Å². The van der Waals surface area contributed by atoms with Crippen LogP contribution in [0.3, 0.4) is 0 Å². The monoisotopic (exact) mass is 252 g/mol. The molecule has 2 heterocycles. The van der Waals surface area contributed by atoms with Gasteiger partial charge >= 0.3 is 0 Å². The number of hydrogen-bond donors (Lipinski definition) is 1. The van der Waals surface area contributed by atoms with E-state index in [-0.39, 0.29) is 5.54 Å². The first kappa shape index (κ1) is 13.5. The summed E-state index contributed by atoms with van der Waals surface area (Å²) in [6.45, 7) is 10.0. The predicted molar refractivity (Wildman–Crippen MR) is 71.1 cm³/mol. The van der Waals surface area contributed by atoms with Crippen molar-refractivity contribution in [2.45, 2.75) is 32.5 Å². The van der Waals surface area contributed by atoms with Crippen LogP contribution >= 0.6 is 0 Å². The Morgan fingerprint density at radius 1 is 1.39 bits per heavy atom. The van der Waals surface area contributed by atoms with Crippen LogP contribution in [0, 0.1) is 0 Å². The van der Waals surface area contributed by atoms with Gasteiger partial charge in [0.25, 0.3) is 0 Å². The Balaban J connectivity index is 1.93. The quantitative estimate of drug-likeness (QED) is 0.801. The zero-order valence-corrected chi connectivity index (χ0v) is 11.6. The molecular formula is C12H24N6. The van der Waals surface area contributed by atoms with Gasteiger partial charge in [-0.05, 0) is 20.9 Å². The van der Waals surface area contributed by atoms with Crippen molar-refractivity contribution in [1.82, 2.24) is 24.8 Å². The van der Waals surface area contributed by atoms with Crippen LogP contribution in [0.5, 0.6) is 0 Å². The van der Waals surface area contributed by atoms with Crippen LogP contribution in [-0.4, -0.2) is 63.6 Å². The molecule has 102 valence electrons. The predicted octanol–water partition coefficient (Wildman–Crippen LogP) is -0.237. The molecule has 0 saturated carbocycles. The molecule has 1 aromatic rings. The van der Waals surface area contributed by atoms with Crippen molar-refractivity contribution in [1.29, 1.82) is 0 Å². The van der Waals surface area contributed by atoms with Crippen molar-refractivity contribution in [3.05, 3.63) is 11.9 Å². The maximum Gasteiger partial charge on any atom is 0.0967 e. The smallest absolute Gasteiger partial charge is 0.0967 e. The number of piperazine rings is 1. The van der Waals surface area contributed by atoms with E-state index < -0.39 is 0 Å². The molecule has 1 saturated heterocycles. The molecule has 0 atom stereocenters. The van der Waals surface area contributed by atoms with Gasteiger partial charge in [-0.3, -0.25) is 14.5 Å². The standard InChI is InChI=1S/C12H24N6/c1-12(2)10-17(7-6-16(12)3)8-11-9-18(5-4-13)15-14-11/h9H,4-8,10,13H2,1-3H3. The van der Waals surface area contributed by atoms with Crippen LogP contribution in [-0.2, 0) is 13.1 Å². The molecule has 18 heavy (non-hydrogen) atoms. The van der Waals surface area contributed by atoms with Gasteiger partial charge in [0.15, 0.2) is 0 Å². The molecule has 0 unspecified atom stereocenters. The van der Waals surface area contributed by atoms with Gasteiger partial charge < -0.3 is 5.73 Å². The Labute approximate surface area is 109 Å². The number of aromatic nitrogens is 3. The van der Waals surface area contributed by atoms with Crippen molar-refractivity contribution in [3.8, 4) is 0 Å². The molecule has 0 bridgehead atoms. The summed E-state index contributed by atoms with van der Waals surface area (Å²) in [5.74, 6) is 0. The fraction of sp³-hybridized carbons (Fsp3) is 0.833. The summed E-state index contributed by atoms with van der Waals surface area (Å²) in [6.07, 6.45) is 2.00. The molecular weight excluding hydrogens is 228 g/mol. The topological polar surface area (TPSA) is 63.2 Å². The van der Waals surface area contributed by atoms with E-state index in [9.17, 15) is 0 Å². The molecule has 0 radical (unpaired) electrons. The summed E-state index contributed by atoms with van der Waals surface area (Å²) >= 11 is 0. The second-order valence-electron chi connectivity index (χ2n) is 5.71.